The number of thioether (sulfide) groups is 1. The van der Waals surface area contributed by atoms with E-state index < -0.39 is 5.54 Å². The van der Waals surface area contributed by atoms with Gasteiger partial charge in [-0.25, -0.2) is 4.79 Å². The van der Waals surface area contributed by atoms with Crippen molar-refractivity contribution in [3.05, 3.63) is 0 Å². The van der Waals surface area contributed by atoms with Gasteiger partial charge in [-0.05, 0) is 6.42 Å². The molecular formula is C7H11NO3S. The molecule has 0 aliphatic carbocycles. The minimum Gasteiger partial charge on any atom is -0.467 e. The van der Waals surface area contributed by atoms with E-state index in [9.17, 15) is 9.59 Å². The summed E-state index contributed by atoms with van der Waals surface area (Å²) in [6.45, 7) is 1.85. The van der Waals surface area contributed by atoms with E-state index in [2.05, 4.69) is 10.1 Å². The molecule has 0 radical (unpaired) electrons. The number of amides is 1. The Bertz CT molecular complexity index is 219. The van der Waals surface area contributed by atoms with Crippen LogP contribution in [-0.4, -0.2) is 29.6 Å². The molecule has 1 aliphatic rings. The lowest BCUT2D eigenvalue weighted by Gasteiger charge is -2.22. The van der Waals surface area contributed by atoms with Gasteiger partial charge >= 0.3 is 5.97 Å². The maximum absolute atomic E-state index is 11.3. The van der Waals surface area contributed by atoms with E-state index >= 15 is 0 Å². The third kappa shape index (κ3) is 1.41. The SMILES string of the molecule is CC[C@]1(C(=O)OC)CSC(=O)N1. The summed E-state index contributed by atoms with van der Waals surface area (Å²) in [4.78, 5) is 22.1. The number of hydrogen-bond donors (Lipinski definition) is 1. The number of carbonyl (C=O) groups excluding carboxylic acids is 2. The Morgan fingerprint density at radius 2 is 2.50 bits per heavy atom. The van der Waals surface area contributed by atoms with Crippen molar-refractivity contribution in [3.63, 3.8) is 0 Å². The highest BCUT2D eigenvalue weighted by Crippen LogP contribution is 2.26. The van der Waals surface area contributed by atoms with Crippen molar-refractivity contribution in [1.29, 1.82) is 0 Å². The largest absolute Gasteiger partial charge is 0.467 e. The lowest BCUT2D eigenvalue weighted by molar-refractivity contribution is -0.147. The summed E-state index contributed by atoms with van der Waals surface area (Å²) in [6, 6.07) is 0. The van der Waals surface area contributed by atoms with Crippen molar-refractivity contribution >= 4 is 23.0 Å². The summed E-state index contributed by atoms with van der Waals surface area (Å²) in [5.74, 6) is 0.109. The summed E-state index contributed by atoms with van der Waals surface area (Å²) in [5, 5.41) is 2.47. The van der Waals surface area contributed by atoms with Crippen LogP contribution in [0.15, 0.2) is 0 Å². The molecule has 0 unspecified atom stereocenters. The second-order valence-corrected chi connectivity index (χ2v) is 3.58. The summed E-state index contributed by atoms with van der Waals surface area (Å²) in [5.41, 5.74) is -0.781. The van der Waals surface area contributed by atoms with Gasteiger partial charge in [0.25, 0.3) is 5.24 Å². The topological polar surface area (TPSA) is 55.4 Å². The van der Waals surface area contributed by atoms with Crippen LogP contribution in [0.3, 0.4) is 0 Å². The number of hydrogen-bond acceptors (Lipinski definition) is 4. The highest BCUT2D eigenvalue weighted by Gasteiger charge is 2.44. The van der Waals surface area contributed by atoms with E-state index in [1.807, 2.05) is 6.92 Å². The van der Waals surface area contributed by atoms with Gasteiger partial charge in [-0.2, -0.15) is 0 Å². The molecule has 1 amide bonds. The first-order valence-corrected chi connectivity index (χ1v) is 4.66. The van der Waals surface area contributed by atoms with Gasteiger partial charge in [-0.3, -0.25) is 4.79 Å². The maximum Gasteiger partial charge on any atom is 0.332 e. The number of carbonyl (C=O) groups is 2. The van der Waals surface area contributed by atoms with Gasteiger partial charge in [0, 0.05) is 5.75 Å². The number of nitrogens with one attached hydrogen (secondary N) is 1. The first-order valence-electron chi connectivity index (χ1n) is 3.68. The Morgan fingerprint density at radius 3 is 2.83 bits per heavy atom. The van der Waals surface area contributed by atoms with Crippen LogP contribution >= 0.6 is 11.8 Å². The first-order chi connectivity index (χ1) is 5.64. The Hall–Kier alpha value is -0.710. The van der Waals surface area contributed by atoms with E-state index in [1.54, 1.807) is 0 Å². The van der Waals surface area contributed by atoms with Crippen molar-refractivity contribution in [2.75, 3.05) is 12.9 Å². The van der Waals surface area contributed by atoms with Gasteiger partial charge in [0.05, 0.1) is 7.11 Å². The Balaban J connectivity index is 2.77. The zero-order valence-corrected chi connectivity index (χ0v) is 7.86. The number of methoxy groups -OCH3 is 1. The highest BCUT2D eigenvalue weighted by atomic mass is 32.2. The van der Waals surface area contributed by atoms with Crippen LogP contribution in [0.1, 0.15) is 13.3 Å². The first kappa shape index (κ1) is 9.38. The van der Waals surface area contributed by atoms with Crippen LogP contribution in [0.5, 0.6) is 0 Å². The van der Waals surface area contributed by atoms with Crippen LogP contribution in [0.4, 0.5) is 4.79 Å². The lowest BCUT2D eigenvalue weighted by Crippen LogP contribution is -2.50. The molecule has 12 heavy (non-hydrogen) atoms. The van der Waals surface area contributed by atoms with E-state index in [0.29, 0.717) is 12.2 Å². The molecule has 1 rings (SSSR count). The number of esters is 1. The smallest absolute Gasteiger partial charge is 0.332 e. The fourth-order valence-electron chi connectivity index (χ4n) is 1.10. The summed E-state index contributed by atoms with van der Waals surface area (Å²) in [6.07, 6.45) is 0.568. The van der Waals surface area contributed by atoms with Crippen molar-refractivity contribution < 1.29 is 14.3 Å². The molecule has 1 aliphatic heterocycles. The summed E-state index contributed by atoms with van der Waals surface area (Å²) < 4.78 is 4.61. The van der Waals surface area contributed by atoms with Crippen LogP contribution < -0.4 is 5.32 Å². The molecule has 1 atom stereocenters. The maximum atomic E-state index is 11.3. The number of rotatable bonds is 2. The second kappa shape index (κ2) is 3.35. The van der Waals surface area contributed by atoms with Crippen LogP contribution in [0.25, 0.3) is 0 Å². The molecule has 0 aromatic carbocycles. The van der Waals surface area contributed by atoms with Gasteiger partial charge < -0.3 is 10.1 Å². The zero-order valence-electron chi connectivity index (χ0n) is 7.05. The lowest BCUT2D eigenvalue weighted by atomic mass is 10.00. The van der Waals surface area contributed by atoms with Crippen molar-refractivity contribution in [2.45, 2.75) is 18.9 Å². The zero-order chi connectivity index (χ0) is 9.19. The minimum absolute atomic E-state index is 0.151. The van der Waals surface area contributed by atoms with Crippen LogP contribution in [0, 0.1) is 0 Å². The molecule has 0 saturated carbocycles. The molecule has 1 heterocycles. The fourth-order valence-corrected chi connectivity index (χ4v) is 2.14. The average Bonchev–Trinajstić information content (AvgIpc) is 2.47. The van der Waals surface area contributed by atoms with Crippen molar-refractivity contribution in [3.8, 4) is 0 Å². The fraction of sp³-hybridized carbons (Fsp3) is 0.714. The van der Waals surface area contributed by atoms with Gasteiger partial charge in [0.15, 0.2) is 0 Å². The Kier molecular flexibility index (Phi) is 2.62. The van der Waals surface area contributed by atoms with E-state index in [0.717, 1.165) is 11.8 Å². The molecular weight excluding hydrogens is 178 g/mol. The predicted molar refractivity (Wildman–Crippen MR) is 46.0 cm³/mol. The third-order valence-corrected chi connectivity index (χ3v) is 2.97. The molecule has 1 fully saturated rings. The second-order valence-electron chi connectivity index (χ2n) is 2.63. The third-order valence-electron chi connectivity index (χ3n) is 1.97. The Morgan fingerprint density at radius 1 is 1.83 bits per heavy atom. The molecule has 1 N–H and O–H groups in total. The van der Waals surface area contributed by atoms with E-state index in [4.69, 9.17) is 0 Å². The summed E-state index contributed by atoms with van der Waals surface area (Å²) in [7, 11) is 1.33. The molecule has 4 nitrogen and oxygen atoms in total. The van der Waals surface area contributed by atoms with E-state index in [-0.39, 0.29) is 11.2 Å². The quantitative estimate of drug-likeness (QED) is 0.652. The van der Waals surface area contributed by atoms with E-state index in [1.165, 1.54) is 7.11 Å². The molecule has 5 heteroatoms. The van der Waals surface area contributed by atoms with Gasteiger partial charge in [0.2, 0.25) is 0 Å². The average molecular weight is 189 g/mol. The highest BCUT2D eigenvalue weighted by molar-refractivity contribution is 8.14. The molecule has 1 saturated heterocycles. The molecule has 68 valence electrons. The molecule has 0 aromatic rings. The standard InChI is InChI=1S/C7H11NO3S/c1-3-7(5(9)11-2)4-12-6(10)8-7/h3-4H2,1-2H3,(H,8,10)/t7-/m1/s1. The number of ether oxygens (including phenoxy) is 1. The molecule has 0 aromatic heterocycles. The predicted octanol–water partition coefficient (Wildman–Crippen LogP) is 0.765. The minimum atomic E-state index is -0.781. The van der Waals surface area contributed by atoms with Crippen molar-refractivity contribution in [1.82, 2.24) is 5.32 Å². The Labute approximate surface area is 75.0 Å². The van der Waals surface area contributed by atoms with Gasteiger partial charge in [-0.15, -0.1) is 0 Å². The van der Waals surface area contributed by atoms with Gasteiger partial charge in [-0.1, -0.05) is 18.7 Å². The normalized spacial score (nSPS) is 28.3. The van der Waals surface area contributed by atoms with Gasteiger partial charge in [0.1, 0.15) is 5.54 Å². The molecule has 0 bridgehead atoms. The monoisotopic (exact) mass is 189 g/mol. The summed E-state index contributed by atoms with van der Waals surface area (Å²) >= 11 is 1.12. The molecule has 0 spiro atoms. The van der Waals surface area contributed by atoms with Crippen LogP contribution in [-0.2, 0) is 9.53 Å². The van der Waals surface area contributed by atoms with Crippen LogP contribution in [0.2, 0.25) is 0 Å². The van der Waals surface area contributed by atoms with Crippen molar-refractivity contribution in [2.24, 2.45) is 0 Å².